The molecule has 62 valence electrons. The Morgan fingerprint density at radius 1 is 1.55 bits per heavy atom. The Morgan fingerprint density at radius 2 is 2.18 bits per heavy atom. The first kappa shape index (κ1) is 10.0. The largest absolute Gasteiger partial charge is 0.469 e. The molecule has 1 unspecified atom stereocenters. The van der Waals surface area contributed by atoms with Crippen molar-refractivity contribution in [1.82, 2.24) is 0 Å². The summed E-state index contributed by atoms with van der Waals surface area (Å²) in [6, 6.07) is 0. The van der Waals surface area contributed by atoms with E-state index in [-0.39, 0.29) is 11.9 Å². The standard InChI is InChI=1S/C9H14O2/c1-4-5-6-7-8(2)9(10)11-3/h8H,4,7H2,1-3H3. The second-order valence-electron chi connectivity index (χ2n) is 2.34. The van der Waals surface area contributed by atoms with Gasteiger partial charge in [0.1, 0.15) is 0 Å². The SMILES string of the molecule is CCC#CCC(C)C(=O)OC. The van der Waals surface area contributed by atoms with Gasteiger partial charge in [0.15, 0.2) is 0 Å². The quantitative estimate of drug-likeness (QED) is 0.446. The fourth-order valence-corrected chi connectivity index (χ4v) is 0.635. The molecular formula is C9H14O2. The zero-order valence-electron chi connectivity index (χ0n) is 7.31. The number of ether oxygens (including phenoxy) is 1. The lowest BCUT2D eigenvalue weighted by molar-refractivity contribution is -0.144. The third kappa shape index (κ3) is 4.44. The van der Waals surface area contributed by atoms with Gasteiger partial charge in [0.25, 0.3) is 0 Å². The fourth-order valence-electron chi connectivity index (χ4n) is 0.635. The van der Waals surface area contributed by atoms with Crippen molar-refractivity contribution in [1.29, 1.82) is 0 Å². The van der Waals surface area contributed by atoms with Gasteiger partial charge in [-0.25, -0.2) is 0 Å². The summed E-state index contributed by atoms with van der Waals surface area (Å²) in [5.74, 6) is 5.52. The molecule has 0 heterocycles. The van der Waals surface area contributed by atoms with Gasteiger partial charge in [-0.05, 0) is 0 Å². The van der Waals surface area contributed by atoms with E-state index in [2.05, 4.69) is 16.6 Å². The van der Waals surface area contributed by atoms with Crippen LogP contribution in [0, 0.1) is 17.8 Å². The summed E-state index contributed by atoms with van der Waals surface area (Å²) in [6.45, 7) is 3.80. The smallest absolute Gasteiger partial charge is 0.309 e. The lowest BCUT2D eigenvalue weighted by atomic mass is 10.1. The maximum atomic E-state index is 10.8. The van der Waals surface area contributed by atoms with Crippen molar-refractivity contribution in [3.05, 3.63) is 0 Å². The van der Waals surface area contributed by atoms with E-state index in [0.717, 1.165) is 6.42 Å². The molecular weight excluding hydrogens is 140 g/mol. The Bertz CT molecular complexity index is 174. The van der Waals surface area contributed by atoms with Crippen molar-refractivity contribution in [3.8, 4) is 11.8 Å². The van der Waals surface area contributed by atoms with Crippen LogP contribution in [0.4, 0.5) is 0 Å². The van der Waals surface area contributed by atoms with Crippen LogP contribution in [0.15, 0.2) is 0 Å². The summed E-state index contributed by atoms with van der Waals surface area (Å²) in [7, 11) is 1.39. The highest BCUT2D eigenvalue weighted by Crippen LogP contribution is 2.01. The molecule has 0 N–H and O–H groups in total. The Labute approximate surface area is 67.9 Å². The van der Waals surface area contributed by atoms with Gasteiger partial charge in [-0.15, -0.1) is 11.8 Å². The minimum Gasteiger partial charge on any atom is -0.469 e. The number of carbonyl (C=O) groups excluding carboxylic acids is 1. The molecule has 0 aromatic rings. The average molecular weight is 154 g/mol. The Hall–Kier alpha value is -0.970. The van der Waals surface area contributed by atoms with Crippen LogP contribution in [0.3, 0.4) is 0 Å². The minimum atomic E-state index is -0.185. The molecule has 0 amide bonds. The van der Waals surface area contributed by atoms with Crippen molar-refractivity contribution >= 4 is 5.97 Å². The molecule has 0 aliphatic rings. The van der Waals surface area contributed by atoms with Crippen LogP contribution < -0.4 is 0 Å². The minimum absolute atomic E-state index is 0.0981. The fraction of sp³-hybridized carbons (Fsp3) is 0.667. The van der Waals surface area contributed by atoms with Crippen LogP contribution in [-0.4, -0.2) is 13.1 Å². The van der Waals surface area contributed by atoms with Crippen LogP contribution >= 0.6 is 0 Å². The Morgan fingerprint density at radius 3 is 2.64 bits per heavy atom. The number of esters is 1. The molecule has 0 saturated heterocycles. The monoisotopic (exact) mass is 154 g/mol. The second-order valence-corrected chi connectivity index (χ2v) is 2.34. The Kier molecular flexibility index (Phi) is 5.28. The van der Waals surface area contributed by atoms with E-state index in [4.69, 9.17) is 0 Å². The predicted octanol–water partition coefficient (Wildman–Crippen LogP) is 1.60. The molecule has 11 heavy (non-hydrogen) atoms. The zero-order valence-corrected chi connectivity index (χ0v) is 7.31. The lowest BCUT2D eigenvalue weighted by Gasteiger charge is -2.02. The normalized spacial score (nSPS) is 11.2. The summed E-state index contributed by atoms with van der Waals surface area (Å²) in [5, 5.41) is 0. The highest BCUT2D eigenvalue weighted by molar-refractivity contribution is 5.72. The van der Waals surface area contributed by atoms with Crippen LogP contribution in [0.1, 0.15) is 26.7 Å². The second kappa shape index (κ2) is 5.79. The maximum Gasteiger partial charge on any atom is 0.309 e. The first-order valence-corrected chi connectivity index (χ1v) is 3.75. The molecule has 0 aromatic carbocycles. The molecule has 2 nitrogen and oxygen atoms in total. The van der Waals surface area contributed by atoms with Gasteiger partial charge in [0.2, 0.25) is 0 Å². The van der Waals surface area contributed by atoms with E-state index in [1.165, 1.54) is 7.11 Å². The summed E-state index contributed by atoms with van der Waals surface area (Å²) < 4.78 is 4.54. The van der Waals surface area contributed by atoms with E-state index in [1.807, 2.05) is 13.8 Å². The van der Waals surface area contributed by atoms with Crippen molar-refractivity contribution in [3.63, 3.8) is 0 Å². The van der Waals surface area contributed by atoms with E-state index < -0.39 is 0 Å². The van der Waals surface area contributed by atoms with Gasteiger partial charge >= 0.3 is 5.97 Å². The molecule has 0 spiro atoms. The maximum absolute atomic E-state index is 10.8. The van der Waals surface area contributed by atoms with E-state index in [9.17, 15) is 4.79 Å². The van der Waals surface area contributed by atoms with Gasteiger partial charge in [-0.3, -0.25) is 4.79 Å². The molecule has 0 aromatic heterocycles. The third-order valence-corrected chi connectivity index (χ3v) is 1.31. The zero-order chi connectivity index (χ0) is 8.69. The molecule has 0 fully saturated rings. The topological polar surface area (TPSA) is 26.3 Å². The number of methoxy groups -OCH3 is 1. The number of hydrogen-bond donors (Lipinski definition) is 0. The summed E-state index contributed by atoms with van der Waals surface area (Å²) in [6.07, 6.45) is 1.44. The van der Waals surface area contributed by atoms with Crippen LogP contribution in [-0.2, 0) is 9.53 Å². The third-order valence-electron chi connectivity index (χ3n) is 1.31. The highest BCUT2D eigenvalue weighted by atomic mass is 16.5. The van der Waals surface area contributed by atoms with E-state index >= 15 is 0 Å². The van der Waals surface area contributed by atoms with E-state index in [1.54, 1.807) is 0 Å². The Balaban J connectivity index is 3.68. The molecule has 0 aliphatic heterocycles. The first-order valence-electron chi connectivity index (χ1n) is 3.75. The summed E-state index contributed by atoms with van der Waals surface area (Å²) in [4.78, 5) is 10.8. The van der Waals surface area contributed by atoms with Gasteiger partial charge in [0, 0.05) is 12.8 Å². The summed E-state index contributed by atoms with van der Waals surface area (Å²) in [5.41, 5.74) is 0. The molecule has 0 saturated carbocycles. The van der Waals surface area contributed by atoms with Crippen LogP contribution in [0.5, 0.6) is 0 Å². The van der Waals surface area contributed by atoms with Crippen LogP contribution in [0.25, 0.3) is 0 Å². The van der Waals surface area contributed by atoms with Crippen molar-refractivity contribution in [2.24, 2.45) is 5.92 Å². The van der Waals surface area contributed by atoms with E-state index in [0.29, 0.717) is 6.42 Å². The highest BCUT2D eigenvalue weighted by Gasteiger charge is 2.10. The van der Waals surface area contributed by atoms with Gasteiger partial charge in [-0.2, -0.15) is 0 Å². The van der Waals surface area contributed by atoms with Crippen molar-refractivity contribution in [2.45, 2.75) is 26.7 Å². The average Bonchev–Trinajstić information content (AvgIpc) is 2.03. The lowest BCUT2D eigenvalue weighted by Crippen LogP contribution is -2.11. The first-order chi connectivity index (χ1) is 5.22. The molecule has 0 rings (SSSR count). The van der Waals surface area contributed by atoms with Gasteiger partial charge in [0.05, 0.1) is 13.0 Å². The van der Waals surface area contributed by atoms with Crippen LogP contribution in [0.2, 0.25) is 0 Å². The van der Waals surface area contributed by atoms with Crippen molar-refractivity contribution in [2.75, 3.05) is 7.11 Å². The molecule has 2 heteroatoms. The van der Waals surface area contributed by atoms with Gasteiger partial charge < -0.3 is 4.74 Å². The molecule has 0 radical (unpaired) electrons. The number of carbonyl (C=O) groups is 1. The number of hydrogen-bond acceptors (Lipinski definition) is 2. The predicted molar refractivity (Wildman–Crippen MR) is 43.9 cm³/mol. The molecule has 0 bridgehead atoms. The van der Waals surface area contributed by atoms with Crippen molar-refractivity contribution < 1.29 is 9.53 Å². The number of rotatable bonds is 2. The van der Waals surface area contributed by atoms with Gasteiger partial charge in [-0.1, -0.05) is 13.8 Å². The molecule has 1 atom stereocenters. The summed E-state index contributed by atoms with van der Waals surface area (Å²) >= 11 is 0. The molecule has 0 aliphatic carbocycles.